The topological polar surface area (TPSA) is 33.3 Å². The molecule has 1 saturated heterocycles. The maximum absolute atomic E-state index is 12.0. The Bertz CT molecular complexity index is 591. The predicted molar refractivity (Wildman–Crippen MR) is 195 cm³/mol. The van der Waals surface area contributed by atoms with Gasteiger partial charge in [0.2, 0.25) is 5.91 Å². The number of amides is 1. The third-order valence-corrected chi connectivity index (χ3v) is 8.18. The standard InChI is InChI=1S/C24H52N4.C14H29NO/c1-21(2)17-25-9-11-26(18-22(3)4)13-15-28(20-24(7)8)16-14-27(12-10-25)19-23(5)6;1-11(2)7-9-15(10-8-12(3)4)14(16)13(5)6/h21-24H,9-20H2,1-8H3;11-13H,7-10H2,1-6H3. The molecule has 6 heteroatoms. The molecule has 0 aliphatic carbocycles. The molecule has 0 N–H and O–H groups in total. The maximum Gasteiger partial charge on any atom is 0.225 e. The van der Waals surface area contributed by atoms with Crippen LogP contribution in [0.1, 0.15) is 110 Å². The van der Waals surface area contributed by atoms with Gasteiger partial charge in [-0.05, 0) is 48.3 Å². The molecule has 0 aromatic carbocycles. The van der Waals surface area contributed by atoms with Gasteiger partial charge in [-0.3, -0.25) is 4.79 Å². The quantitative estimate of drug-likeness (QED) is 0.190. The minimum atomic E-state index is 0.124. The molecule has 0 bridgehead atoms. The summed E-state index contributed by atoms with van der Waals surface area (Å²) >= 11 is 0. The third kappa shape index (κ3) is 23.6. The van der Waals surface area contributed by atoms with Crippen molar-refractivity contribution >= 4 is 5.91 Å². The van der Waals surface area contributed by atoms with Crippen LogP contribution in [-0.2, 0) is 4.79 Å². The first-order chi connectivity index (χ1) is 20.5. The van der Waals surface area contributed by atoms with Crippen LogP contribution in [-0.4, -0.2) is 122 Å². The molecular weight excluding hydrogens is 542 g/mol. The SMILES string of the molecule is CC(C)CCN(CCC(C)C)C(=O)C(C)C.CC(C)CN1CCN(CC(C)C)CCN(CC(C)C)CCN(CC(C)C)CC1. The zero-order valence-corrected chi connectivity index (χ0v) is 32.5. The number of hydrogen-bond acceptors (Lipinski definition) is 5. The van der Waals surface area contributed by atoms with Gasteiger partial charge in [0.15, 0.2) is 0 Å². The number of hydrogen-bond donors (Lipinski definition) is 0. The van der Waals surface area contributed by atoms with Crippen LogP contribution < -0.4 is 0 Å². The van der Waals surface area contributed by atoms with E-state index in [2.05, 4.69) is 103 Å². The lowest BCUT2D eigenvalue weighted by molar-refractivity contribution is -0.134. The minimum Gasteiger partial charge on any atom is -0.342 e. The molecule has 6 nitrogen and oxygen atoms in total. The van der Waals surface area contributed by atoms with Crippen molar-refractivity contribution in [2.45, 2.75) is 110 Å². The van der Waals surface area contributed by atoms with E-state index >= 15 is 0 Å². The number of rotatable bonds is 15. The smallest absolute Gasteiger partial charge is 0.225 e. The normalized spacial score (nSPS) is 17.6. The molecule has 0 atom stereocenters. The van der Waals surface area contributed by atoms with E-state index in [0.29, 0.717) is 17.7 Å². The lowest BCUT2D eigenvalue weighted by atomic mass is 10.1. The average Bonchev–Trinajstić information content (AvgIpc) is 2.88. The fourth-order valence-electron chi connectivity index (χ4n) is 5.90. The van der Waals surface area contributed by atoms with Crippen LogP contribution in [0.5, 0.6) is 0 Å². The van der Waals surface area contributed by atoms with Crippen molar-refractivity contribution in [3.8, 4) is 0 Å². The molecule has 1 aliphatic rings. The largest absolute Gasteiger partial charge is 0.342 e. The van der Waals surface area contributed by atoms with Crippen LogP contribution >= 0.6 is 0 Å². The molecule has 0 spiro atoms. The van der Waals surface area contributed by atoms with Gasteiger partial charge in [-0.2, -0.15) is 0 Å². The highest BCUT2D eigenvalue weighted by Gasteiger charge is 2.19. The molecule has 1 amide bonds. The summed E-state index contributed by atoms with van der Waals surface area (Å²) in [4.78, 5) is 24.9. The Morgan fingerprint density at radius 2 is 0.659 bits per heavy atom. The summed E-state index contributed by atoms with van der Waals surface area (Å²) in [6, 6.07) is 0. The van der Waals surface area contributed by atoms with E-state index in [1.165, 1.54) is 78.5 Å². The Kier molecular flexibility index (Phi) is 24.1. The van der Waals surface area contributed by atoms with Gasteiger partial charge in [0.25, 0.3) is 0 Å². The maximum atomic E-state index is 12.0. The number of carbonyl (C=O) groups excluding carboxylic acids is 1. The van der Waals surface area contributed by atoms with Crippen molar-refractivity contribution in [2.75, 3.05) is 91.6 Å². The van der Waals surface area contributed by atoms with Gasteiger partial charge in [0.1, 0.15) is 0 Å². The van der Waals surface area contributed by atoms with E-state index < -0.39 is 0 Å². The lowest BCUT2D eigenvalue weighted by Crippen LogP contribution is -2.48. The lowest BCUT2D eigenvalue weighted by Gasteiger charge is -2.36. The van der Waals surface area contributed by atoms with E-state index in [-0.39, 0.29) is 5.92 Å². The van der Waals surface area contributed by atoms with Crippen LogP contribution in [0.4, 0.5) is 0 Å². The molecule has 0 saturated carbocycles. The Hall–Kier alpha value is -0.690. The molecule has 1 fully saturated rings. The predicted octanol–water partition coefficient (Wildman–Crippen LogP) is 7.40. The number of nitrogens with zero attached hydrogens (tertiary/aromatic N) is 5. The fraction of sp³-hybridized carbons (Fsp3) is 0.974. The Morgan fingerprint density at radius 1 is 0.432 bits per heavy atom. The van der Waals surface area contributed by atoms with Crippen molar-refractivity contribution in [3.05, 3.63) is 0 Å². The molecule has 1 rings (SSSR count). The van der Waals surface area contributed by atoms with E-state index in [0.717, 1.165) is 49.6 Å². The third-order valence-electron chi connectivity index (χ3n) is 8.18. The monoisotopic (exact) mass is 624 g/mol. The highest BCUT2D eigenvalue weighted by molar-refractivity contribution is 5.78. The molecule has 44 heavy (non-hydrogen) atoms. The second-order valence-corrected chi connectivity index (χ2v) is 16.6. The second-order valence-electron chi connectivity index (χ2n) is 16.6. The van der Waals surface area contributed by atoms with Crippen LogP contribution in [0.15, 0.2) is 0 Å². The fourth-order valence-corrected chi connectivity index (χ4v) is 5.90. The van der Waals surface area contributed by atoms with Crippen molar-refractivity contribution < 1.29 is 4.79 Å². The van der Waals surface area contributed by atoms with Crippen LogP contribution in [0.3, 0.4) is 0 Å². The highest BCUT2D eigenvalue weighted by atomic mass is 16.2. The first-order valence-electron chi connectivity index (χ1n) is 18.7. The van der Waals surface area contributed by atoms with Gasteiger partial charge < -0.3 is 24.5 Å². The molecule has 1 aliphatic heterocycles. The van der Waals surface area contributed by atoms with E-state index in [1.54, 1.807) is 0 Å². The van der Waals surface area contributed by atoms with Crippen LogP contribution in [0.2, 0.25) is 0 Å². The van der Waals surface area contributed by atoms with Crippen molar-refractivity contribution in [3.63, 3.8) is 0 Å². The number of carbonyl (C=O) groups is 1. The first-order valence-corrected chi connectivity index (χ1v) is 18.7. The van der Waals surface area contributed by atoms with E-state index in [1.807, 2.05) is 18.7 Å². The molecular formula is C38H81N5O. The Balaban J connectivity index is 0.000000983. The first kappa shape index (κ1) is 43.3. The molecule has 0 aromatic rings. The van der Waals surface area contributed by atoms with Gasteiger partial charge in [-0.25, -0.2) is 0 Å². The molecule has 264 valence electrons. The average molecular weight is 624 g/mol. The van der Waals surface area contributed by atoms with Crippen molar-refractivity contribution in [1.82, 2.24) is 24.5 Å². The summed E-state index contributed by atoms with van der Waals surface area (Å²) in [5.74, 6) is 4.74. The summed E-state index contributed by atoms with van der Waals surface area (Å²) in [5.41, 5.74) is 0. The van der Waals surface area contributed by atoms with Gasteiger partial charge >= 0.3 is 0 Å². The van der Waals surface area contributed by atoms with Crippen LogP contribution in [0, 0.1) is 41.4 Å². The summed E-state index contributed by atoms with van der Waals surface area (Å²) in [5, 5.41) is 0. The second kappa shape index (κ2) is 24.5. The zero-order chi connectivity index (χ0) is 33.8. The Morgan fingerprint density at radius 3 is 0.818 bits per heavy atom. The molecule has 0 unspecified atom stereocenters. The molecule has 1 heterocycles. The molecule has 0 aromatic heterocycles. The van der Waals surface area contributed by atoms with Gasteiger partial charge in [0, 0.05) is 97.5 Å². The summed E-state index contributed by atoms with van der Waals surface area (Å²) in [7, 11) is 0. The summed E-state index contributed by atoms with van der Waals surface area (Å²) in [6.45, 7) is 48.1. The van der Waals surface area contributed by atoms with Gasteiger partial charge in [0.05, 0.1) is 0 Å². The Labute approximate surface area is 277 Å². The minimum absolute atomic E-state index is 0.124. The van der Waals surface area contributed by atoms with Crippen LogP contribution in [0.25, 0.3) is 0 Å². The van der Waals surface area contributed by atoms with Gasteiger partial charge in [-0.15, -0.1) is 0 Å². The zero-order valence-electron chi connectivity index (χ0n) is 32.5. The van der Waals surface area contributed by atoms with Crippen molar-refractivity contribution in [2.24, 2.45) is 41.4 Å². The van der Waals surface area contributed by atoms with Gasteiger partial charge in [-0.1, -0.05) is 96.9 Å². The van der Waals surface area contributed by atoms with Crippen molar-refractivity contribution in [1.29, 1.82) is 0 Å². The molecule has 0 radical (unpaired) electrons. The highest BCUT2D eigenvalue weighted by Crippen LogP contribution is 2.11. The summed E-state index contributed by atoms with van der Waals surface area (Å²) < 4.78 is 0. The van der Waals surface area contributed by atoms with E-state index in [4.69, 9.17) is 0 Å². The van der Waals surface area contributed by atoms with E-state index in [9.17, 15) is 4.79 Å². The summed E-state index contributed by atoms with van der Waals surface area (Å²) in [6.07, 6.45) is 2.22.